The van der Waals surface area contributed by atoms with Crippen molar-refractivity contribution in [3.63, 3.8) is 0 Å². The smallest absolute Gasteiger partial charge is 0.119 e. The van der Waals surface area contributed by atoms with Crippen LogP contribution in [0.4, 0.5) is 0 Å². The zero-order chi connectivity index (χ0) is 16.0. The first kappa shape index (κ1) is 16.6. The molecule has 0 aliphatic carbocycles. The molecule has 0 saturated carbocycles. The minimum atomic E-state index is 0.0216. The Labute approximate surface area is 134 Å². The van der Waals surface area contributed by atoms with Crippen molar-refractivity contribution in [1.29, 1.82) is 0 Å². The summed E-state index contributed by atoms with van der Waals surface area (Å²) in [6.45, 7) is 7.85. The zero-order valence-corrected chi connectivity index (χ0v) is 13.9. The number of benzene rings is 2. The van der Waals surface area contributed by atoms with Crippen LogP contribution in [0.5, 0.6) is 5.75 Å². The first-order valence-electron chi connectivity index (χ1n) is 8.01. The van der Waals surface area contributed by atoms with Crippen molar-refractivity contribution in [2.24, 2.45) is 5.73 Å². The van der Waals surface area contributed by atoms with E-state index in [0.29, 0.717) is 6.54 Å². The summed E-state index contributed by atoms with van der Waals surface area (Å²) in [7, 11) is 0. The lowest BCUT2D eigenvalue weighted by molar-refractivity contribution is 0.285. The molecule has 0 amide bonds. The molecule has 2 heteroatoms. The van der Waals surface area contributed by atoms with Crippen molar-refractivity contribution in [2.45, 2.75) is 39.0 Å². The molecule has 0 bridgehead atoms. The molecule has 22 heavy (non-hydrogen) atoms. The van der Waals surface area contributed by atoms with Gasteiger partial charge in [0.15, 0.2) is 0 Å². The second kappa shape index (κ2) is 7.46. The zero-order valence-electron chi connectivity index (χ0n) is 13.9. The van der Waals surface area contributed by atoms with Gasteiger partial charge in [-0.2, -0.15) is 0 Å². The van der Waals surface area contributed by atoms with Gasteiger partial charge in [-0.3, -0.25) is 0 Å². The molecular weight excluding hydrogens is 270 g/mol. The Hall–Kier alpha value is -1.80. The summed E-state index contributed by atoms with van der Waals surface area (Å²) in [4.78, 5) is 0. The van der Waals surface area contributed by atoms with E-state index < -0.39 is 0 Å². The highest BCUT2D eigenvalue weighted by Crippen LogP contribution is 2.28. The summed E-state index contributed by atoms with van der Waals surface area (Å²) >= 11 is 0. The van der Waals surface area contributed by atoms with Crippen LogP contribution >= 0.6 is 0 Å². The lowest BCUT2D eigenvalue weighted by Crippen LogP contribution is -2.32. The van der Waals surface area contributed by atoms with E-state index in [4.69, 9.17) is 10.5 Å². The van der Waals surface area contributed by atoms with Crippen LogP contribution < -0.4 is 10.5 Å². The molecule has 0 saturated heterocycles. The van der Waals surface area contributed by atoms with Gasteiger partial charge in [-0.05, 0) is 55.5 Å². The van der Waals surface area contributed by atoms with Crippen molar-refractivity contribution in [2.75, 3.05) is 13.2 Å². The van der Waals surface area contributed by atoms with Gasteiger partial charge in [0, 0.05) is 12.0 Å². The highest BCUT2D eigenvalue weighted by molar-refractivity contribution is 5.33. The van der Waals surface area contributed by atoms with Crippen molar-refractivity contribution < 1.29 is 4.74 Å². The fourth-order valence-electron chi connectivity index (χ4n) is 2.66. The third-order valence-electron chi connectivity index (χ3n) is 4.54. The maximum Gasteiger partial charge on any atom is 0.119 e. The molecule has 1 atom stereocenters. The van der Waals surface area contributed by atoms with E-state index in [9.17, 15) is 0 Å². The van der Waals surface area contributed by atoms with Gasteiger partial charge in [0.25, 0.3) is 0 Å². The normalized spacial score (nSPS) is 13.6. The molecule has 2 aromatic carbocycles. The predicted octanol–water partition coefficient (Wildman–Crippen LogP) is 4.38. The van der Waals surface area contributed by atoms with Crippen molar-refractivity contribution in [3.8, 4) is 5.75 Å². The molecule has 0 heterocycles. The molecule has 1 unspecified atom stereocenters. The molecular formula is C20H27NO. The Bertz CT molecular complexity index is 594. The predicted molar refractivity (Wildman–Crippen MR) is 93.5 cm³/mol. The molecule has 0 fully saturated rings. The minimum absolute atomic E-state index is 0.0216. The third kappa shape index (κ3) is 4.11. The Morgan fingerprint density at radius 2 is 1.73 bits per heavy atom. The second-order valence-corrected chi connectivity index (χ2v) is 6.33. The van der Waals surface area contributed by atoms with Gasteiger partial charge in [0.2, 0.25) is 0 Å². The number of nitrogens with two attached hydrogens (primary N) is 1. The van der Waals surface area contributed by atoms with E-state index in [1.165, 1.54) is 16.7 Å². The molecule has 0 radical (unpaired) electrons. The van der Waals surface area contributed by atoms with E-state index in [1.54, 1.807) is 0 Å². The van der Waals surface area contributed by atoms with E-state index in [0.717, 1.165) is 25.2 Å². The summed E-state index contributed by atoms with van der Waals surface area (Å²) < 4.78 is 5.88. The van der Waals surface area contributed by atoms with Gasteiger partial charge in [-0.1, -0.05) is 43.3 Å². The van der Waals surface area contributed by atoms with Gasteiger partial charge < -0.3 is 10.5 Å². The molecule has 0 aromatic heterocycles. The van der Waals surface area contributed by atoms with Gasteiger partial charge in [0.05, 0.1) is 6.61 Å². The maximum absolute atomic E-state index is 6.03. The van der Waals surface area contributed by atoms with Crippen LogP contribution in [-0.4, -0.2) is 13.2 Å². The van der Waals surface area contributed by atoms with Gasteiger partial charge in [-0.25, -0.2) is 0 Å². The van der Waals surface area contributed by atoms with Crippen molar-refractivity contribution in [3.05, 3.63) is 65.2 Å². The standard InChI is InChI=1S/C20H27NO/c1-16-10-11-19(14-17(16)2)22-13-7-12-20(3,15-21)18-8-5-4-6-9-18/h4-6,8-11,14H,7,12-13,15,21H2,1-3H3. The lowest BCUT2D eigenvalue weighted by atomic mass is 9.79. The summed E-state index contributed by atoms with van der Waals surface area (Å²) in [5.74, 6) is 0.956. The molecule has 0 aliphatic rings. The number of hydrogen-bond donors (Lipinski definition) is 1. The van der Waals surface area contributed by atoms with Crippen LogP contribution in [0, 0.1) is 13.8 Å². The van der Waals surface area contributed by atoms with E-state index in [2.05, 4.69) is 57.2 Å². The topological polar surface area (TPSA) is 35.2 Å². The van der Waals surface area contributed by atoms with Crippen LogP contribution in [-0.2, 0) is 5.41 Å². The quantitative estimate of drug-likeness (QED) is 0.770. The average molecular weight is 297 g/mol. The van der Waals surface area contributed by atoms with Crippen LogP contribution in [0.1, 0.15) is 36.5 Å². The van der Waals surface area contributed by atoms with Crippen molar-refractivity contribution >= 4 is 0 Å². The summed E-state index contributed by atoms with van der Waals surface area (Å²) in [5, 5.41) is 0. The molecule has 2 aromatic rings. The SMILES string of the molecule is Cc1ccc(OCCCC(C)(CN)c2ccccc2)cc1C. The summed E-state index contributed by atoms with van der Waals surface area (Å²) in [5.41, 5.74) is 9.93. The fourth-order valence-corrected chi connectivity index (χ4v) is 2.66. The Balaban J connectivity index is 1.88. The van der Waals surface area contributed by atoms with Crippen LogP contribution in [0.25, 0.3) is 0 Å². The van der Waals surface area contributed by atoms with Crippen LogP contribution in [0.2, 0.25) is 0 Å². The third-order valence-corrected chi connectivity index (χ3v) is 4.54. The molecule has 0 spiro atoms. The molecule has 2 nitrogen and oxygen atoms in total. The largest absolute Gasteiger partial charge is 0.494 e. The number of aryl methyl sites for hydroxylation is 2. The first-order chi connectivity index (χ1) is 10.5. The van der Waals surface area contributed by atoms with E-state index in [1.807, 2.05) is 12.1 Å². The number of rotatable bonds is 7. The Kier molecular flexibility index (Phi) is 5.62. The van der Waals surface area contributed by atoms with Crippen molar-refractivity contribution in [1.82, 2.24) is 0 Å². The van der Waals surface area contributed by atoms with E-state index >= 15 is 0 Å². The molecule has 2 N–H and O–H groups in total. The lowest BCUT2D eigenvalue weighted by Gasteiger charge is -2.28. The second-order valence-electron chi connectivity index (χ2n) is 6.33. The summed E-state index contributed by atoms with van der Waals surface area (Å²) in [6.07, 6.45) is 2.02. The Morgan fingerprint density at radius 3 is 2.36 bits per heavy atom. The van der Waals surface area contributed by atoms with Crippen LogP contribution in [0.3, 0.4) is 0 Å². The highest BCUT2D eigenvalue weighted by atomic mass is 16.5. The molecule has 118 valence electrons. The van der Waals surface area contributed by atoms with Gasteiger partial charge in [-0.15, -0.1) is 0 Å². The Morgan fingerprint density at radius 1 is 1.00 bits per heavy atom. The van der Waals surface area contributed by atoms with Gasteiger partial charge in [0.1, 0.15) is 5.75 Å². The fraction of sp³-hybridized carbons (Fsp3) is 0.400. The average Bonchev–Trinajstić information content (AvgIpc) is 2.55. The number of ether oxygens (including phenoxy) is 1. The monoisotopic (exact) mass is 297 g/mol. The molecule has 2 rings (SSSR count). The molecule has 0 aliphatic heterocycles. The van der Waals surface area contributed by atoms with Gasteiger partial charge >= 0.3 is 0 Å². The summed E-state index contributed by atoms with van der Waals surface area (Å²) in [6, 6.07) is 16.8. The number of hydrogen-bond acceptors (Lipinski definition) is 2. The minimum Gasteiger partial charge on any atom is -0.494 e. The first-order valence-corrected chi connectivity index (χ1v) is 8.01. The van der Waals surface area contributed by atoms with Crippen LogP contribution in [0.15, 0.2) is 48.5 Å². The maximum atomic E-state index is 6.03. The van der Waals surface area contributed by atoms with E-state index in [-0.39, 0.29) is 5.41 Å². The highest BCUT2D eigenvalue weighted by Gasteiger charge is 2.24.